The Balaban J connectivity index is 1.10. The number of aromatic nitrogens is 3. The van der Waals surface area contributed by atoms with Gasteiger partial charge in [-0.3, -0.25) is 19.5 Å². The number of aryl methyl sites for hydroxylation is 1. The highest BCUT2D eigenvalue weighted by atomic mass is 16.6. The molecule has 0 saturated heterocycles. The number of carbonyl (C=O) groups excluding carboxylic acids is 4. The van der Waals surface area contributed by atoms with Crippen molar-refractivity contribution in [2.24, 2.45) is 11.8 Å². The van der Waals surface area contributed by atoms with E-state index in [1.54, 1.807) is 12.3 Å². The lowest BCUT2D eigenvalue weighted by atomic mass is 9.81. The number of pyridine rings is 1. The number of fused-ring (bicyclic) bond motifs is 1. The van der Waals surface area contributed by atoms with E-state index in [0.29, 0.717) is 30.8 Å². The lowest BCUT2D eigenvalue weighted by Crippen LogP contribution is -2.48. The van der Waals surface area contributed by atoms with Gasteiger partial charge in [0.2, 0.25) is 11.8 Å². The molecule has 274 valence electrons. The highest BCUT2D eigenvalue weighted by molar-refractivity contribution is 5.99. The molecule has 4 amide bonds. The molecule has 2 aromatic heterocycles. The average molecular weight is 708 g/mol. The first kappa shape index (κ1) is 36.5. The Morgan fingerprint density at radius 3 is 2.37 bits per heavy atom. The number of aromatic amines is 1. The van der Waals surface area contributed by atoms with Crippen molar-refractivity contribution in [3.05, 3.63) is 77.7 Å². The topological polar surface area (TPSA) is 167 Å². The van der Waals surface area contributed by atoms with Crippen LogP contribution in [0.5, 0.6) is 0 Å². The molecule has 2 aromatic carbocycles. The van der Waals surface area contributed by atoms with Gasteiger partial charge in [0.25, 0.3) is 5.91 Å². The number of alkyl carbamates (subject to hydrolysis) is 1. The Hall–Kier alpha value is -5.26. The van der Waals surface area contributed by atoms with Crippen molar-refractivity contribution >= 4 is 40.4 Å². The number of anilines is 1. The Morgan fingerprint density at radius 2 is 1.69 bits per heavy atom. The molecule has 2 heterocycles. The maximum absolute atomic E-state index is 13.8. The summed E-state index contributed by atoms with van der Waals surface area (Å²) in [6, 6.07) is 16.5. The van der Waals surface area contributed by atoms with Gasteiger partial charge in [-0.05, 0) is 114 Å². The van der Waals surface area contributed by atoms with E-state index in [0.717, 1.165) is 65.4 Å². The van der Waals surface area contributed by atoms with Gasteiger partial charge in [-0.25, -0.2) is 9.78 Å². The fourth-order valence-electron chi connectivity index (χ4n) is 6.77. The lowest BCUT2D eigenvalue weighted by Gasteiger charge is -2.29. The molecule has 0 spiro atoms. The van der Waals surface area contributed by atoms with Crippen molar-refractivity contribution < 1.29 is 23.9 Å². The number of ether oxygens (including phenoxy) is 1. The van der Waals surface area contributed by atoms with Gasteiger partial charge in [0, 0.05) is 47.3 Å². The maximum atomic E-state index is 13.8. The monoisotopic (exact) mass is 707 g/mol. The Morgan fingerprint density at radius 1 is 0.942 bits per heavy atom. The molecule has 4 aromatic rings. The van der Waals surface area contributed by atoms with Crippen molar-refractivity contribution in [2.45, 2.75) is 96.7 Å². The average Bonchev–Trinajstić information content (AvgIpc) is 3.56. The lowest BCUT2D eigenvalue weighted by molar-refractivity contribution is -0.130. The molecule has 5 N–H and O–H groups in total. The van der Waals surface area contributed by atoms with Gasteiger partial charge in [-0.15, -0.1) is 0 Å². The third-order valence-corrected chi connectivity index (χ3v) is 9.96. The Kier molecular flexibility index (Phi) is 11.2. The second-order valence-corrected chi connectivity index (χ2v) is 15.2. The number of carbonyl (C=O) groups is 4. The fourth-order valence-corrected chi connectivity index (χ4v) is 6.77. The quantitative estimate of drug-likeness (QED) is 0.124. The summed E-state index contributed by atoms with van der Waals surface area (Å²) in [5, 5.41) is 19.9. The molecular formula is C40H49N7O5. The number of hydrogen-bond acceptors (Lipinski definition) is 7. The molecule has 12 heteroatoms. The van der Waals surface area contributed by atoms with Crippen molar-refractivity contribution in [3.63, 3.8) is 0 Å². The number of benzene rings is 2. The number of nitrogens with zero attached hydrogens (tertiary/aromatic N) is 2. The van der Waals surface area contributed by atoms with Gasteiger partial charge in [-0.1, -0.05) is 30.3 Å². The summed E-state index contributed by atoms with van der Waals surface area (Å²) >= 11 is 0. The zero-order valence-corrected chi connectivity index (χ0v) is 30.4. The summed E-state index contributed by atoms with van der Waals surface area (Å²) in [4.78, 5) is 56.7. The van der Waals surface area contributed by atoms with Crippen LogP contribution in [0, 0.1) is 18.8 Å². The molecule has 12 nitrogen and oxygen atoms in total. The predicted molar refractivity (Wildman–Crippen MR) is 200 cm³/mol. The van der Waals surface area contributed by atoms with Gasteiger partial charge >= 0.3 is 6.09 Å². The molecule has 2 saturated carbocycles. The molecule has 2 aliphatic rings. The minimum atomic E-state index is -0.820. The third kappa shape index (κ3) is 9.54. The first-order valence-corrected chi connectivity index (χ1v) is 18.3. The molecule has 2 fully saturated rings. The third-order valence-electron chi connectivity index (χ3n) is 9.96. The summed E-state index contributed by atoms with van der Waals surface area (Å²) in [5.41, 5.74) is 4.73. The molecule has 52 heavy (non-hydrogen) atoms. The summed E-state index contributed by atoms with van der Waals surface area (Å²) in [7, 11) is 0. The van der Waals surface area contributed by atoms with E-state index in [9.17, 15) is 19.2 Å². The van der Waals surface area contributed by atoms with Crippen LogP contribution in [0.4, 0.5) is 10.5 Å². The second kappa shape index (κ2) is 16.0. The van der Waals surface area contributed by atoms with Crippen LogP contribution in [0.25, 0.3) is 22.0 Å². The van der Waals surface area contributed by atoms with Crippen LogP contribution in [0.1, 0.15) is 87.5 Å². The molecule has 0 radical (unpaired) electrons. The van der Waals surface area contributed by atoms with Crippen molar-refractivity contribution in [3.8, 4) is 11.1 Å². The summed E-state index contributed by atoms with van der Waals surface area (Å²) in [5.74, 6) is -0.587. The number of hydrogen-bond donors (Lipinski definition) is 5. The molecular weight excluding hydrogens is 658 g/mol. The zero-order valence-electron chi connectivity index (χ0n) is 30.4. The first-order valence-electron chi connectivity index (χ1n) is 18.3. The largest absolute Gasteiger partial charge is 0.444 e. The second-order valence-electron chi connectivity index (χ2n) is 15.2. The molecule has 1 atom stereocenters. The number of nitrogens with one attached hydrogen (secondary N) is 5. The van der Waals surface area contributed by atoms with Gasteiger partial charge in [0.1, 0.15) is 17.3 Å². The van der Waals surface area contributed by atoms with E-state index < -0.39 is 17.7 Å². The van der Waals surface area contributed by atoms with E-state index in [2.05, 4.69) is 36.4 Å². The number of rotatable bonds is 11. The first-order chi connectivity index (χ1) is 24.9. The minimum Gasteiger partial charge on any atom is -0.444 e. The van der Waals surface area contributed by atoms with Crippen LogP contribution in [-0.2, 0) is 20.7 Å². The van der Waals surface area contributed by atoms with Crippen molar-refractivity contribution in [1.82, 2.24) is 31.1 Å². The zero-order chi connectivity index (χ0) is 36.8. The Bertz CT molecular complexity index is 1900. The molecule has 6 rings (SSSR count). The smallest absolute Gasteiger partial charge is 0.407 e. The van der Waals surface area contributed by atoms with Crippen LogP contribution < -0.4 is 21.3 Å². The van der Waals surface area contributed by atoms with Crippen LogP contribution in [-0.4, -0.2) is 63.2 Å². The summed E-state index contributed by atoms with van der Waals surface area (Å²) in [6.45, 7) is 7.88. The van der Waals surface area contributed by atoms with E-state index >= 15 is 0 Å². The predicted octanol–water partition coefficient (Wildman–Crippen LogP) is 6.21. The summed E-state index contributed by atoms with van der Waals surface area (Å²) in [6.07, 6.45) is 7.65. The molecule has 1 unspecified atom stereocenters. The fraction of sp³-hybridized carbons (Fsp3) is 0.450. The van der Waals surface area contributed by atoms with Crippen LogP contribution in [0.2, 0.25) is 0 Å². The number of H-pyrrole nitrogens is 1. The highest BCUT2D eigenvalue weighted by Crippen LogP contribution is 2.29. The van der Waals surface area contributed by atoms with Crippen molar-refractivity contribution in [1.29, 1.82) is 0 Å². The normalized spacial score (nSPS) is 18.2. The minimum absolute atomic E-state index is 0.145. The maximum Gasteiger partial charge on any atom is 0.407 e. The van der Waals surface area contributed by atoms with Gasteiger partial charge < -0.3 is 26.0 Å². The van der Waals surface area contributed by atoms with Gasteiger partial charge in [0.05, 0.1) is 11.7 Å². The van der Waals surface area contributed by atoms with E-state index in [-0.39, 0.29) is 42.0 Å². The van der Waals surface area contributed by atoms with Crippen molar-refractivity contribution in [2.75, 3.05) is 11.9 Å². The molecule has 0 aliphatic heterocycles. The van der Waals surface area contributed by atoms with E-state index in [1.165, 1.54) is 0 Å². The number of amides is 4. The van der Waals surface area contributed by atoms with E-state index in [4.69, 9.17) is 4.74 Å². The Labute approximate surface area is 304 Å². The van der Waals surface area contributed by atoms with Crippen LogP contribution >= 0.6 is 0 Å². The van der Waals surface area contributed by atoms with E-state index in [1.807, 2.05) is 76.2 Å². The molecule has 0 bridgehead atoms. The highest BCUT2D eigenvalue weighted by Gasteiger charge is 2.30. The standard InChI is InChI=1S/C40H49N7O5/c1-24-32(18-19-33(43-24)37(49)44-30-6-5-7-30)27-12-8-25(9-13-27)20-35(38(50)45-31-17-16-29-23-42-47-34(29)21-31)46-36(48)28-14-10-26(11-15-28)22-41-39(51)52-40(2,3)4/h8-9,12-13,16-19,21,23,26,28,30,35H,5-7,10-11,14-15,20,22H2,1-4H3,(H,41,51)(H,42,47)(H,44,49)(H,45,50)(H,46,48). The SMILES string of the molecule is Cc1nc(C(=O)NC2CCC2)ccc1-c1ccc(CC(NC(=O)C2CCC(CNC(=O)OC(C)(C)C)CC2)C(=O)Nc2ccc3cn[nH]c3c2)cc1. The molecule has 2 aliphatic carbocycles. The van der Waals surface area contributed by atoms with Gasteiger partial charge in [0.15, 0.2) is 0 Å². The summed E-state index contributed by atoms with van der Waals surface area (Å²) < 4.78 is 5.35. The van der Waals surface area contributed by atoms with Crippen LogP contribution in [0.15, 0.2) is 60.8 Å². The van der Waals surface area contributed by atoms with Crippen LogP contribution in [0.3, 0.4) is 0 Å². The van der Waals surface area contributed by atoms with Gasteiger partial charge in [-0.2, -0.15) is 5.10 Å².